The number of nitrogens with one attached hydrogen (secondary N) is 1. The summed E-state index contributed by atoms with van der Waals surface area (Å²) in [4.78, 5) is 0.178. The zero-order valence-electron chi connectivity index (χ0n) is 9.40. The summed E-state index contributed by atoms with van der Waals surface area (Å²) in [6.07, 6.45) is 0.273. The minimum absolute atomic E-state index is 0.0960. The van der Waals surface area contributed by atoms with E-state index < -0.39 is 10.0 Å². The van der Waals surface area contributed by atoms with Gasteiger partial charge in [0.2, 0.25) is 10.0 Å². The Balaban J connectivity index is 2.84. The average Bonchev–Trinajstić information content (AvgIpc) is 2.30. The van der Waals surface area contributed by atoms with E-state index in [1.807, 2.05) is 6.07 Å². The number of hydrogen-bond acceptors (Lipinski definition) is 3. The second kappa shape index (κ2) is 6.05. The van der Waals surface area contributed by atoms with E-state index in [0.29, 0.717) is 0 Å². The maximum atomic E-state index is 11.7. The van der Waals surface area contributed by atoms with Gasteiger partial charge in [-0.1, -0.05) is 18.1 Å². The Morgan fingerprint density at radius 1 is 1.29 bits per heavy atom. The van der Waals surface area contributed by atoms with E-state index in [9.17, 15) is 8.42 Å². The lowest BCUT2D eigenvalue weighted by molar-refractivity contribution is 0.586. The molecule has 1 N–H and O–H groups in total. The molecule has 1 aromatic carbocycles. The minimum Gasteiger partial charge on any atom is -0.207 e. The molecule has 0 spiro atoms. The smallest absolute Gasteiger partial charge is 0.207 e. The van der Waals surface area contributed by atoms with Gasteiger partial charge in [-0.25, -0.2) is 8.42 Å². The zero-order valence-corrected chi connectivity index (χ0v) is 10.2. The quantitative estimate of drug-likeness (QED) is 0.810. The third-order valence-corrected chi connectivity index (χ3v) is 3.46. The fraction of sp³-hybridized carbons (Fsp3) is 0.250. The highest BCUT2D eigenvalue weighted by Crippen LogP contribution is 2.10. The summed E-state index contributed by atoms with van der Waals surface area (Å²) in [6.45, 7) is 1.74. The molecule has 0 aliphatic rings. The number of sulfonamides is 1. The van der Waals surface area contributed by atoms with Gasteiger partial charge in [0.1, 0.15) is 0 Å². The summed E-state index contributed by atoms with van der Waals surface area (Å²) in [6, 6.07) is 8.22. The van der Waals surface area contributed by atoms with Crippen LogP contribution in [-0.2, 0) is 16.4 Å². The maximum absolute atomic E-state index is 11.7. The fourth-order valence-electron chi connectivity index (χ4n) is 1.18. The Hall–Kier alpha value is -1.82. The molecule has 0 aliphatic carbocycles. The molecule has 0 heterocycles. The molecular weight excluding hydrogens is 236 g/mol. The molecule has 1 aromatic rings. The lowest BCUT2D eigenvalue weighted by Crippen LogP contribution is -2.23. The van der Waals surface area contributed by atoms with Crippen LogP contribution in [0.1, 0.15) is 12.5 Å². The standard InChI is InChI=1S/C12H12N2O2S/c1-2-3-10-14-17(15,16)12-6-4-11(5-7-12)8-9-13/h4-7,14H,8,10H2,1H3. The second-order valence-electron chi connectivity index (χ2n) is 3.23. The van der Waals surface area contributed by atoms with Crippen LogP contribution in [-0.4, -0.2) is 15.0 Å². The van der Waals surface area contributed by atoms with Gasteiger partial charge in [-0.15, -0.1) is 5.92 Å². The third-order valence-electron chi connectivity index (χ3n) is 2.04. The number of nitrogens with zero attached hydrogens (tertiary/aromatic N) is 1. The number of hydrogen-bond donors (Lipinski definition) is 1. The Morgan fingerprint density at radius 2 is 1.94 bits per heavy atom. The molecule has 0 unspecified atom stereocenters. The van der Waals surface area contributed by atoms with Crippen molar-refractivity contribution in [3.63, 3.8) is 0 Å². The molecule has 0 aromatic heterocycles. The first-order chi connectivity index (χ1) is 8.10. The van der Waals surface area contributed by atoms with Crippen molar-refractivity contribution in [2.75, 3.05) is 6.54 Å². The average molecular weight is 248 g/mol. The molecule has 5 heteroatoms. The van der Waals surface area contributed by atoms with E-state index in [2.05, 4.69) is 16.6 Å². The van der Waals surface area contributed by atoms with Crippen molar-refractivity contribution >= 4 is 10.0 Å². The van der Waals surface area contributed by atoms with Crippen LogP contribution >= 0.6 is 0 Å². The molecule has 0 saturated heterocycles. The van der Waals surface area contributed by atoms with Gasteiger partial charge in [0.05, 0.1) is 23.9 Å². The topological polar surface area (TPSA) is 70.0 Å². The minimum atomic E-state index is -3.50. The van der Waals surface area contributed by atoms with Gasteiger partial charge in [0.15, 0.2) is 0 Å². The van der Waals surface area contributed by atoms with Crippen LogP contribution in [0.4, 0.5) is 0 Å². The Kier molecular flexibility index (Phi) is 4.71. The van der Waals surface area contributed by atoms with Crippen LogP contribution < -0.4 is 4.72 Å². The monoisotopic (exact) mass is 248 g/mol. The predicted molar refractivity (Wildman–Crippen MR) is 64.4 cm³/mol. The molecule has 0 aliphatic heterocycles. The second-order valence-corrected chi connectivity index (χ2v) is 5.00. The summed E-state index contributed by atoms with van der Waals surface area (Å²) >= 11 is 0. The molecule has 0 saturated carbocycles. The first-order valence-corrected chi connectivity index (χ1v) is 6.43. The molecule has 0 bridgehead atoms. The SMILES string of the molecule is CC#CCNS(=O)(=O)c1ccc(CC#N)cc1. The molecule has 0 fully saturated rings. The Bertz CT molecular complexity index is 572. The molecule has 88 valence electrons. The normalized spacial score (nSPS) is 10.1. The number of benzene rings is 1. The Labute approximate surface area is 101 Å². The van der Waals surface area contributed by atoms with Gasteiger partial charge in [-0.2, -0.15) is 9.98 Å². The van der Waals surface area contributed by atoms with Crippen molar-refractivity contribution in [1.82, 2.24) is 4.72 Å². The van der Waals surface area contributed by atoms with Gasteiger partial charge in [0.25, 0.3) is 0 Å². The summed E-state index contributed by atoms with van der Waals surface area (Å²) in [7, 11) is -3.50. The molecular formula is C12H12N2O2S. The molecule has 1 rings (SSSR count). The summed E-state index contributed by atoms with van der Waals surface area (Å²) < 4.78 is 25.8. The van der Waals surface area contributed by atoms with Crippen molar-refractivity contribution in [2.24, 2.45) is 0 Å². The predicted octanol–water partition coefficient (Wildman–Crippen LogP) is 1.05. The van der Waals surface area contributed by atoms with Crippen molar-refractivity contribution < 1.29 is 8.42 Å². The molecule has 0 radical (unpaired) electrons. The lowest BCUT2D eigenvalue weighted by atomic mass is 10.2. The van der Waals surface area contributed by atoms with Crippen LogP contribution in [0.15, 0.2) is 29.2 Å². The molecule has 4 nitrogen and oxygen atoms in total. The highest BCUT2D eigenvalue weighted by molar-refractivity contribution is 7.89. The first-order valence-electron chi connectivity index (χ1n) is 4.95. The largest absolute Gasteiger partial charge is 0.241 e. The van der Waals surface area contributed by atoms with Crippen molar-refractivity contribution in [3.05, 3.63) is 29.8 Å². The van der Waals surface area contributed by atoms with Crippen molar-refractivity contribution in [2.45, 2.75) is 18.2 Å². The molecule has 17 heavy (non-hydrogen) atoms. The van der Waals surface area contributed by atoms with E-state index in [0.717, 1.165) is 5.56 Å². The summed E-state index contributed by atoms with van der Waals surface area (Å²) in [5.41, 5.74) is 0.791. The van der Waals surface area contributed by atoms with Crippen LogP contribution in [0.3, 0.4) is 0 Å². The molecule has 0 amide bonds. The first kappa shape index (κ1) is 13.2. The van der Waals surface area contributed by atoms with Crippen molar-refractivity contribution in [1.29, 1.82) is 5.26 Å². The van der Waals surface area contributed by atoms with Crippen LogP contribution in [0.5, 0.6) is 0 Å². The maximum Gasteiger partial charge on any atom is 0.241 e. The van der Waals surface area contributed by atoms with Gasteiger partial charge in [-0.3, -0.25) is 0 Å². The highest BCUT2D eigenvalue weighted by Gasteiger charge is 2.12. The van der Waals surface area contributed by atoms with Crippen molar-refractivity contribution in [3.8, 4) is 17.9 Å². The van der Waals surface area contributed by atoms with Crippen LogP contribution in [0, 0.1) is 23.2 Å². The highest BCUT2D eigenvalue weighted by atomic mass is 32.2. The van der Waals surface area contributed by atoms with Gasteiger partial charge < -0.3 is 0 Å². The fourth-order valence-corrected chi connectivity index (χ4v) is 2.10. The van der Waals surface area contributed by atoms with Crippen LogP contribution in [0.2, 0.25) is 0 Å². The van der Waals surface area contributed by atoms with E-state index in [-0.39, 0.29) is 17.9 Å². The number of nitriles is 1. The van der Waals surface area contributed by atoms with E-state index in [4.69, 9.17) is 5.26 Å². The van der Waals surface area contributed by atoms with E-state index in [1.165, 1.54) is 12.1 Å². The van der Waals surface area contributed by atoms with Crippen LogP contribution in [0.25, 0.3) is 0 Å². The number of rotatable bonds is 4. The molecule has 0 atom stereocenters. The lowest BCUT2D eigenvalue weighted by Gasteiger charge is -2.04. The third kappa shape index (κ3) is 3.92. The summed E-state index contributed by atoms with van der Waals surface area (Å²) in [5.74, 6) is 5.23. The van der Waals surface area contributed by atoms with Gasteiger partial charge in [-0.05, 0) is 24.6 Å². The summed E-state index contributed by atoms with van der Waals surface area (Å²) in [5, 5.41) is 8.50. The van der Waals surface area contributed by atoms with Gasteiger partial charge >= 0.3 is 0 Å². The van der Waals surface area contributed by atoms with Gasteiger partial charge in [0, 0.05) is 0 Å². The van der Waals surface area contributed by atoms with E-state index >= 15 is 0 Å². The van der Waals surface area contributed by atoms with E-state index in [1.54, 1.807) is 19.1 Å². The Morgan fingerprint density at radius 3 is 2.47 bits per heavy atom. The zero-order chi connectivity index (χ0) is 12.7.